The zero-order valence-corrected chi connectivity index (χ0v) is 15.4. The molecule has 0 bridgehead atoms. The lowest BCUT2D eigenvalue weighted by Crippen LogP contribution is -2.41. The first kappa shape index (κ1) is 17.0. The number of alkyl halides is 1. The summed E-state index contributed by atoms with van der Waals surface area (Å²) in [6, 6.07) is 11.0. The third-order valence-corrected chi connectivity index (χ3v) is 5.75. The molecule has 2 rings (SSSR count). The number of hydrogen-bond donors (Lipinski definition) is 0. The standard InChI is InChI=1S/C19H30BrN/c1-19(2,3)18(14-20)15-21-11-9-17(10-12-21)13-16-7-5-4-6-8-16/h4-8,17-18H,9-15H2,1-3H3. The molecular weight excluding hydrogens is 322 g/mol. The first-order chi connectivity index (χ1) is 9.99. The van der Waals surface area contributed by atoms with Crippen LogP contribution in [0.1, 0.15) is 39.2 Å². The molecule has 1 aromatic rings. The fourth-order valence-electron chi connectivity index (χ4n) is 3.19. The van der Waals surface area contributed by atoms with Gasteiger partial charge in [-0.05, 0) is 55.2 Å². The van der Waals surface area contributed by atoms with E-state index >= 15 is 0 Å². The van der Waals surface area contributed by atoms with Crippen LogP contribution in [-0.2, 0) is 6.42 Å². The minimum atomic E-state index is 0.393. The Labute approximate surface area is 139 Å². The lowest BCUT2D eigenvalue weighted by atomic mass is 9.81. The Morgan fingerprint density at radius 2 is 1.76 bits per heavy atom. The van der Waals surface area contributed by atoms with Crippen molar-refractivity contribution >= 4 is 15.9 Å². The maximum absolute atomic E-state index is 3.71. The summed E-state index contributed by atoms with van der Waals surface area (Å²) in [4.78, 5) is 2.68. The van der Waals surface area contributed by atoms with Crippen molar-refractivity contribution in [2.45, 2.75) is 40.0 Å². The van der Waals surface area contributed by atoms with Crippen molar-refractivity contribution in [1.82, 2.24) is 4.90 Å². The number of nitrogens with zero attached hydrogens (tertiary/aromatic N) is 1. The molecule has 1 heterocycles. The summed E-state index contributed by atoms with van der Waals surface area (Å²) in [5.74, 6) is 1.61. The van der Waals surface area contributed by atoms with E-state index in [4.69, 9.17) is 0 Å². The van der Waals surface area contributed by atoms with E-state index < -0.39 is 0 Å². The molecule has 0 aromatic heterocycles. The van der Waals surface area contributed by atoms with Gasteiger partial charge in [0, 0.05) is 11.9 Å². The lowest BCUT2D eigenvalue weighted by molar-refractivity contribution is 0.125. The molecule has 1 saturated heterocycles. The molecule has 0 amide bonds. The molecule has 1 atom stereocenters. The van der Waals surface area contributed by atoms with Crippen molar-refractivity contribution in [2.75, 3.05) is 25.0 Å². The number of hydrogen-bond acceptors (Lipinski definition) is 1. The van der Waals surface area contributed by atoms with Gasteiger partial charge >= 0.3 is 0 Å². The first-order valence-electron chi connectivity index (χ1n) is 8.31. The zero-order valence-electron chi connectivity index (χ0n) is 13.8. The maximum atomic E-state index is 3.71. The SMILES string of the molecule is CC(C)(C)C(CBr)CN1CCC(Cc2ccccc2)CC1. The number of piperidine rings is 1. The summed E-state index contributed by atoms with van der Waals surface area (Å²) in [7, 11) is 0. The Kier molecular flexibility index (Phi) is 6.31. The van der Waals surface area contributed by atoms with Gasteiger partial charge in [0.2, 0.25) is 0 Å². The molecule has 118 valence electrons. The molecule has 21 heavy (non-hydrogen) atoms. The number of halogens is 1. The van der Waals surface area contributed by atoms with Crippen molar-refractivity contribution < 1.29 is 0 Å². The predicted molar refractivity (Wildman–Crippen MR) is 96.0 cm³/mol. The van der Waals surface area contributed by atoms with Crippen LogP contribution in [0.5, 0.6) is 0 Å². The quantitative estimate of drug-likeness (QED) is 0.674. The van der Waals surface area contributed by atoms with E-state index in [9.17, 15) is 0 Å². The second-order valence-electron chi connectivity index (χ2n) is 7.65. The summed E-state index contributed by atoms with van der Waals surface area (Å²) in [6.07, 6.45) is 3.97. The highest BCUT2D eigenvalue weighted by Crippen LogP contribution is 2.30. The topological polar surface area (TPSA) is 3.24 Å². The van der Waals surface area contributed by atoms with Crippen LogP contribution in [0.3, 0.4) is 0 Å². The Balaban J connectivity index is 1.78. The van der Waals surface area contributed by atoms with Crippen molar-refractivity contribution in [3.8, 4) is 0 Å². The molecule has 1 aromatic carbocycles. The van der Waals surface area contributed by atoms with Gasteiger partial charge in [-0.15, -0.1) is 0 Å². The summed E-state index contributed by atoms with van der Waals surface area (Å²) >= 11 is 3.71. The highest BCUT2D eigenvalue weighted by atomic mass is 79.9. The fraction of sp³-hybridized carbons (Fsp3) is 0.684. The van der Waals surface area contributed by atoms with Gasteiger partial charge in [-0.25, -0.2) is 0 Å². The highest BCUT2D eigenvalue weighted by Gasteiger charge is 2.27. The van der Waals surface area contributed by atoms with Crippen LogP contribution in [0.25, 0.3) is 0 Å². The first-order valence-corrected chi connectivity index (χ1v) is 9.43. The van der Waals surface area contributed by atoms with Crippen LogP contribution in [0.2, 0.25) is 0 Å². The van der Waals surface area contributed by atoms with Crippen LogP contribution in [0, 0.1) is 17.3 Å². The number of likely N-dealkylation sites (tertiary alicyclic amines) is 1. The van der Waals surface area contributed by atoms with Gasteiger partial charge in [-0.1, -0.05) is 67.0 Å². The zero-order chi connectivity index (χ0) is 15.3. The molecule has 0 aliphatic carbocycles. The largest absolute Gasteiger partial charge is 0.303 e. The summed E-state index contributed by atoms with van der Waals surface area (Å²) in [5.41, 5.74) is 1.90. The minimum Gasteiger partial charge on any atom is -0.303 e. The molecule has 0 N–H and O–H groups in total. The van der Waals surface area contributed by atoms with Crippen molar-refractivity contribution in [1.29, 1.82) is 0 Å². The number of rotatable bonds is 5. The van der Waals surface area contributed by atoms with Crippen molar-refractivity contribution in [3.63, 3.8) is 0 Å². The fourth-order valence-corrected chi connectivity index (χ4v) is 4.36. The van der Waals surface area contributed by atoms with E-state index in [0.717, 1.165) is 17.2 Å². The third-order valence-electron chi connectivity index (χ3n) is 4.96. The monoisotopic (exact) mass is 351 g/mol. The Bertz CT molecular complexity index is 401. The second-order valence-corrected chi connectivity index (χ2v) is 8.30. The molecule has 1 nitrogen and oxygen atoms in total. The van der Waals surface area contributed by atoms with E-state index in [-0.39, 0.29) is 0 Å². The van der Waals surface area contributed by atoms with Crippen LogP contribution < -0.4 is 0 Å². The van der Waals surface area contributed by atoms with Crippen LogP contribution in [0.4, 0.5) is 0 Å². The van der Waals surface area contributed by atoms with Gasteiger partial charge in [0.15, 0.2) is 0 Å². The molecule has 0 saturated carbocycles. The number of benzene rings is 1. The van der Waals surface area contributed by atoms with E-state index in [2.05, 4.69) is 71.9 Å². The average Bonchev–Trinajstić information content (AvgIpc) is 2.46. The molecule has 1 fully saturated rings. The van der Waals surface area contributed by atoms with Gasteiger partial charge in [0.1, 0.15) is 0 Å². The summed E-state index contributed by atoms with van der Waals surface area (Å²) < 4.78 is 0. The Hall–Kier alpha value is -0.340. The van der Waals surface area contributed by atoms with Gasteiger partial charge in [-0.3, -0.25) is 0 Å². The predicted octanol–water partition coefficient (Wildman–Crippen LogP) is 5.00. The molecule has 1 unspecified atom stereocenters. The molecule has 0 spiro atoms. The molecule has 1 aliphatic heterocycles. The van der Waals surface area contributed by atoms with Crippen LogP contribution >= 0.6 is 15.9 Å². The molecule has 0 radical (unpaired) electrons. The highest BCUT2D eigenvalue weighted by molar-refractivity contribution is 9.09. The Morgan fingerprint density at radius 1 is 1.14 bits per heavy atom. The third kappa shape index (κ3) is 5.41. The van der Waals surface area contributed by atoms with Crippen molar-refractivity contribution in [2.24, 2.45) is 17.3 Å². The lowest BCUT2D eigenvalue weighted by Gasteiger charge is -2.38. The summed E-state index contributed by atoms with van der Waals surface area (Å²) in [6.45, 7) is 10.9. The van der Waals surface area contributed by atoms with Crippen LogP contribution in [0.15, 0.2) is 30.3 Å². The van der Waals surface area contributed by atoms with Crippen molar-refractivity contribution in [3.05, 3.63) is 35.9 Å². The van der Waals surface area contributed by atoms with Gasteiger partial charge < -0.3 is 4.90 Å². The van der Waals surface area contributed by atoms with E-state index in [1.54, 1.807) is 0 Å². The van der Waals surface area contributed by atoms with Gasteiger partial charge in [0.25, 0.3) is 0 Å². The van der Waals surface area contributed by atoms with Gasteiger partial charge in [0.05, 0.1) is 0 Å². The normalized spacial score (nSPS) is 19.6. The van der Waals surface area contributed by atoms with Crippen LogP contribution in [-0.4, -0.2) is 29.9 Å². The molecule has 2 heteroatoms. The second kappa shape index (κ2) is 7.78. The van der Waals surface area contributed by atoms with E-state index in [1.165, 1.54) is 44.5 Å². The van der Waals surface area contributed by atoms with E-state index in [1.807, 2.05) is 0 Å². The molecule has 1 aliphatic rings. The molecular formula is C19H30BrN. The average molecular weight is 352 g/mol. The minimum absolute atomic E-state index is 0.393. The van der Waals surface area contributed by atoms with E-state index in [0.29, 0.717) is 5.41 Å². The summed E-state index contributed by atoms with van der Waals surface area (Å²) in [5, 5.41) is 1.11. The maximum Gasteiger partial charge on any atom is 0.00768 e. The smallest absolute Gasteiger partial charge is 0.00768 e. The Morgan fingerprint density at radius 3 is 2.29 bits per heavy atom. The van der Waals surface area contributed by atoms with Gasteiger partial charge in [-0.2, -0.15) is 0 Å².